The van der Waals surface area contributed by atoms with Crippen molar-refractivity contribution in [2.75, 3.05) is 0 Å². The van der Waals surface area contributed by atoms with E-state index in [0.717, 1.165) is 24.0 Å². The molecule has 0 saturated carbocycles. The molecule has 1 atom stereocenters. The normalized spacial score (nSPS) is 13.3. The van der Waals surface area contributed by atoms with Crippen molar-refractivity contribution in [2.45, 2.75) is 25.3 Å². The van der Waals surface area contributed by atoms with Crippen molar-refractivity contribution in [2.24, 2.45) is 0 Å². The Morgan fingerprint density at radius 2 is 2.36 bits per heavy atom. The number of hydrogen-bond acceptors (Lipinski definition) is 3. The van der Waals surface area contributed by atoms with E-state index in [1.807, 2.05) is 4.57 Å². The maximum Gasteiger partial charge on any atom is 0.164 e. The fourth-order valence-corrected chi connectivity index (χ4v) is 1.73. The van der Waals surface area contributed by atoms with Crippen molar-refractivity contribution in [3.8, 4) is 0 Å². The van der Waals surface area contributed by atoms with Crippen LogP contribution in [0.5, 0.6) is 0 Å². The van der Waals surface area contributed by atoms with Gasteiger partial charge in [0.1, 0.15) is 17.3 Å². The molecule has 0 saturated heterocycles. The minimum absolute atomic E-state index is 0.0695. The topological polar surface area (TPSA) is 43.6 Å². The average Bonchev–Trinajstić information content (AvgIpc) is 2.61. The van der Waals surface area contributed by atoms with Gasteiger partial charge < -0.3 is 0 Å². The minimum Gasteiger partial charge on any atom is -0.298 e. The van der Waals surface area contributed by atoms with Gasteiger partial charge in [0.05, 0.1) is 12.5 Å². The van der Waals surface area contributed by atoms with Crippen LogP contribution in [-0.2, 0) is 0 Å². The molecule has 74 valence electrons. The van der Waals surface area contributed by atoms with Gasteiger partial charge in [0.15, 0.2) is 5.65 Å². The fraction of sp³-hybridized carbons (Fsp3) is 0.444. The second kappa shape index (κ2) is 3.92. The molecule has 0 aliphatic rings. The van der Waals surface area contributed by atoms with Crippen LogP contribution in [0.4, 0.5) is 0 Å². The van der Waals surface area contributed by atoms with Gasteiger partial charge in [-0.3, -0.25) is 4.57 Å². The molecule has 2 aromatic rings. The van der Waals surface area contributed by atoms with E-state index in [1.54, 1.807) is 12.5 Å². The SMILES string of the molecule is CCCC(Cl)n1cnc2cncnc21. The second-order valence-electron chi connectivity index (χ2n) is 3.11. The molecule has 14 heavy (non-hydrogen) atoms. The van der Waals surface area contributed by atoms with Crippen LogP contribution in [-0.4, -0.2) is 19.5 Å². The number of fused-ring (bicyclic) bond motifs is 1. The van der Waals surface area contributed by atoms with Gasteiger partial charge in [-0.15, -0.1) is 0 Å². The summed E-state index contributed by atoms with van der Waals surface area (Å²) in [6, 6.07) is 0. The first-order valence-corrected chi connectivity index (χ1v) is 5.03. The predicted molar refractivity (Wildman–Crippen MR) is 55.1 cm³/mol. The van der Waals surface area contributed by atoms with Gasteiger partial charge in [0.2, 0.25) is 0 Å². The van der Waals surface area contributed by atoms with Crippen molar-refractivity contribution < 1.29 is 0 Å². The van der Waals surface area contributed by atoms with E-state index in [1.165, 1.54) is 6.33 Å². The summed E-state index contributed by atoms with van der Waals surface area (Å²) in [4.78, 5) is 12.2. The maximum atomic E-state index is 6.19. The molecule has 4 nitrogen and oxygen atoms in total. The summed E-state index contributed by atoms with van der Waals surface area (Å²) in [6.45, 7) is 2.10. The Labute approximate surface area is 87.0 Å². The number of alkyl halides is 1. The van der Waals surface area contributed by atoms with Crippen LogP contribution in [0.1, 0.15) is 25.3 Å². The first-order chi connectivity index (χ1) is 6.83. The summed E-state index contributed by atoms with van der Waals surface area (Å²) in [7, 11) is 0. The maximum absolute atomic E-state index is 6.19. The zero-order chi connectivity index (χ0) is 9.97. The Bertz CT molecular complexity index is 425. The monoisotopic (exact) mass is 210 g/mol. The highest BCUT2D eigenvalue weighted by Crippen LogP contribution is 2.22. The number of hydrogen-bond donors (Lipinski definition) is 0. The van der Waals surface area contributed by atoms with Crippen LogP contribution in [0.15, 0.2) is 18.9 Å². The summed E-state index contributed by atoms with van der Waals surface area (Å²) in [6.07, 6.45) is 6.87. The number of nitrogens with zero attached hydrogens (tertiary/aromatic N) is 4. The van der Waals surface area contributed by atoms with E-state index in [9.17, 15) is 0 Å². The van der Waals surface area contributed by atoms with Crippen molar-refractivity contribution in [3.63, 3.8) is 0 Å². The zero-order valence-electron chi connectivity index (χ0n) is 7.89. The van der Waals surface area contributed by atoms with Gasteiger partial charge in [-0.25, -0.2) is 15.0 Å². The summed E-state index contributed by atoms with van der Waals surface area (Å²) in [5.41, 5.74) is 1.52. The Hall–Kier alpha value is -1.16. The highest BCUT2D eigenvalue weighted by molar-refractivity contribution is 6.19. The highest BCUT2D eigenvalue weighted by atomic mass is 35.5. The molecule has 2 heterocycles. The second-order valence-corrected chi connectivity index (χ2v) is 3.61. The molecule has 0 radical (unpaired) electrons. The molecule has 1 unspecified atom stereocenters. The minimum atomic E-state index is -0.0695. The average molecular weight is 211 g/mol. The molecule has 0 aromatic carbocycles. The molecule has 0 spiro atoms. The van der Waals surface area contributed by atoms with Crippen LogP contribution in [0.2, 0.25) is 0 Å². The van der Waals surface area contributed by atoms with Crippen LogP contribution in [0.25, 0.3) is 11.2 Å². The van der Waals surface area contributed by atoms with Gasteiger partial charge in [-0.05, 0) is 6.42 Å². The number of rotatable bonds is 3. The van der Waals surface area contributed by atoms with Crippen LogP contribution >= 0.6 is 11.6 Å². The van der Waals surface area contributed by atoms with Crippen molar-refractivity contribution >= 4 is 22.8 Å². The van der Waals surface area contributed by atoms with Crippen LogP contribution in [0, 0.1) is 0 Å². The van der Waals surface area contributed by atoms with Gasteiger partial charge in [0.25, 0.3) is 0 Å². The summed E-state index contributed by atoms with van der Waals surface area (Å²) < 4.78 is 1.88. The molecular weight excluding hydrogens is 200 g/mol. The Balaban J connectivity index is 2.42. The lowest BCUT2D eigenvalue weighted by Crippen LogP contribution is -2.01. The highest BCUT2D eigenvalue weighted by Gasteiger charge is 2.10. The largest absolute Gasteiger partial charge is 0.298 e. The van der Waals surface area contributed by atoms with Crippen molar-refractivity contribution in [1.29, 1.82) is 0 Å². The molecule has 0 aliphatic carbocycles. The van der Waals surface area contributed by atoms with Crippen LogP contribution < -0.4 is 0 Å². The third-order valence-electron chi connectivity index (χ3n) is 2.07. The number of imidazole rings is 1. The lowest BCUT2D eigenvalue weighted by molar-refractivity contribution is 0.613. The molecular formula is C9H11ClN4. The van der Waals surface area contributed by atoms with Gasteiger partial charge in [-0.1, -0.05) is 24.9 Å². The summed E-state index contributed by atoms with van der Waals surface area (Å²) in [5.74, 6) is 0. The lowest BCUT2D eigenvalue weighted by Gasteiger charge is -2.09. The molecule has 0 amide bonds. The number of aromatic nitrogens is 4. The Morgan fingerprint density at radius 1 is 1.50 bits per heavy atom. The van der Waals surface area contributed by atoms with Crippen LogP contribution in [0.3, 0.4) is 0 Å². The fourth-order valence-electron chi connectivity index (χ4n) is 1.37. The molecule has 0 bridgehead atoms. The standard InChI is InChI=1S/C9H11ClN4/c1-2-3-8(10)14-6-13-7-4-11-5-12-9(7)14/h4-6,8H,2-3H2,1H3. The van der Waals surface area contributed by atoms with Gasteiger partial charge in [-0.2, -0.15) is 0 Å². The van der Waals surface area contributed by atoms with Gasteiger partial charge in [0, 0.05) is 0 Å². The van der Waals surface area contributed by atoms with Crippen molar-refractivity contribution in [1.82, 2.24) is 19.5 Å². The third kappa shape index (κ3) is 1.57. The molecule has 0 fully saturated rings. The molecule has 0 N–H and O–H groups in total. The summed E-state index contributed by atoms with van der Waals surface area (Å²) in [5, 5.41) is 0. The molecule has 2 rings (SSSR count). The van der Waals surface area contributed by atoms with E-state index in [0.29, 0.717) is 0 Å². The first-order valence-electron chi connectivity index (χ1n) is 4.59. The third-order valence-corrected chi connectivity index (χ3v) is 2.50. The smallest absolute Gasteiger partial charge is 0.164 e. The Kier molecular flexibility index (Phi) is 2.63. The first kappa shape index (κ1) is 9.40. The lowest BCUT2D eigenvalue weighted by atomic mass is 10.3. The zero-order valence-corrected chi connectivity index (χ0v) is 8.65. The summed E-state index contributed by atoms with van der Waals surface area (Å²) >= 11 is 6.19. The predicted octanol–water partition coefficient (Wildman–Crippen LogP) is 2.36. The van der Waals surface area contributed by atoms with E-state index in [2.05, 4.69) is 21.9 Å². The quantitative estimate of drug-likeness (QED) is 0.731. The number of halogens is 1. The van der Waals surface area contributed by atoms with E-state index < -0.39 is 0 Å². The molecule has 2 aromatic heterocycles. The molecule has 5 heteroatoms. The van der Waals surface area contributed by atoms with Crippen molar-refractivity contribution in [3.05, 3.63) is 18.9 Å². The van der Waals surface area contributed by atoms with E-state index in [-0.39, 0.29) is 5.50 Å². The van der Waals surface area contributed by atoms with Gasteiger partial charge >= 0.3 is 0 Å². The van der Waals surface area contributed by atoms with E-state index in [4.69, 9.17) is 11.6 Å². The molecule has 0 aliphatic heterocycles. The van der Waals surface area contributed by atoms with E-state index >= 15 is 0 Å². The Morgan fingerprint density at radius 3 is 3.14 bits per heavy atom.